The van der Waals surface area contributed by atoms with E-state index in [-0.39, 0.29) is 5.91 Å². The van der Waals surface area contributed by atoms with Crippen molar-refractivity contribution in [1.29, 1.82) is 0 Å². The first-order valence-electron chi connectivity index (χ1n) is 6.72. The van der Waals surface area contributed by atoms with Gasteiger partial charge in [-0.3, -0.25) is 14.4 Å². The number of amides is 1. The van der Waals surface area contributed by atoms with E-state index >= 15 is 0 Å². The third-order valence-electron chi connectivity index (χ3n) is 3.64. The molecule has 0 spiro atoms. The fourth-order valence-corrected chi connectivity index (χ4v) is 2.86. The molecule has 0 aliphatic carbocycles. The molecule has 0 N–H and O–H groups in total. The van der Waals surface area contributed by atoms with Crippen LogP contribution in [0.2, 0.25) is 0 Å². The summed E-state index contributed by atoms with van der Waals surface area (Å²) in [6, 6.07) is 0. The van der Waals surface area contributed by atoms with Crippen LogP contribution in [-0.2, 0) is 17.9 Å². The van der Waals surface area contributed by atoms with Gasteiger partial charge < -0.3 is 4.90 Å². The first kappa shape index (κ1) is 14.5. The number of carbonyl (C=O) groups is 1. The SMILES string of the molecule is CCn1nc(C)c(Br)c1CN1CCN(C(C)=O)CC1. The molecular weight excluding hydrogens is 308 g/mol. The largest absolute Gasteiger partial charge is 0.340 e. The topological polar surface area (TPSA) is 41.4 Å². The van der Waals surface area contributed by atoms with Gasteiger partial charge in [0, 0.05) is 46.2 Å². The Labute approximate surface area is 122 Å². The number of piperazine rings is 1. The molecule has 1 aliphatic rings. The second kappa shape index (κ2) is 6.05. The van der Waals surface area contributed by atoms with E-state index in [2.05, 4.69) is 37.5 Å². The van der Waals surface area contributed by atoms with Crippen molar-refractivity contribution in [1.82, 2.24) is 19.6 Å². The number of halogens is 1. The van der Waals surface area contributed by atoms with E-state index in [0.29, 0.717) is 0 Å². The second-order valence-electron chi connectivity index (χ2n) is 4.94. The maximum absolute atomic E-state index is 11.3. The molecule has 0 radical (unpaired) electrons. The Kier molecular flexibility index (Phi) is 4.62. The molecule has 1 amide bonds. The van der Waals surface area contributed by atoms with Crippen LogP contribution in [0.1, 0.15) is 25.2 Å². The van der Waals surface area contributed by atoms with E-state index in [1.165, 1.54) is 5.69 Å². The minimum absolute atomic E-state index is 0.176. The molecule has 6 heteroatoms. The molecule has 1 aromatic heterocycles. The van der Waals surface area contributed by atoms with Gasteiger partial charge in [0.25, 0.3) is 0 Å². The molecule has 1 aliphatic heterocycles. The van der Waals surface area contributed by atoms with Gasteiger partial charge in [0.15, 0.2) is 0 Å². The molecule has 0 aromatic carbocycles. The smallest absolute Gasteiger partial charge is 0.219 e. The lowest BCUT2D eigenvalue weighted by molar-refractivity contribution is -0.130. The highest BCUT2D eigenvalue weighted by atomic mass is 79.9. The fourth-order valence-electron chi connectivity index (χ4n) is 2.45. The number of hydrogen-bond acceptors (Lipinski definition) is 3. The molecule has 0 saturated carbocycles. The molecule has 2 heterocycles. The first-order chi connectivity index (χ1) is 9.02. The van der Waals surface area contributed by atoms with E-state index in [1.807, 2.05) is 11.8 Å². The van der Waals surface area contributed by atoms with Gasteiger partial charge in [-0.15, -0.1) is 0 Å². The predicted molar refractivity (Wildman–Crippen MR) is 77.9 cm³/mol. The van der Waals surface area contributed by atoms with E-state index in [9.17, 15) is 4.79 Å². The highest BCUT2D eigenvalue weighted by Gasteiger charge is 2.21. The summed E-state index contributed by atoms with van der Waals surface area (Å²) in [4.78, 5) is 15.6. The van der Waals surface area contributed by atoms with E-state index in [1.54, 1.807) is 6.92 Å². The Morgan fingerprint density at radius 1 is 1.32 bits per heavy atom. The monoisotopic (exact) mass is 328 g/mol. The van der Waals surface area contributed by atoms with Gasteiger partial charge in [-0.1, -0.05) is 0 Å². The van der Waals surface area contributed by atoms with Gasteiger partial charge in [-0.25, -0.2) is 0 Å². The van der Waals surface area contributed by atoms with Crippen molar-refractivity contribution in [2.45, 2.75) is 33.9 Å². The van der Waals surface area contributed by atoms with Gasteiger partial charge in [-0.05, 0) is 29.8 Å². The van der Waals surface area contributed by atoms with Crippen molar-refractivity contribution in [3.05, 3.63) is 15.9 Å². The van der Waals surface area contributed by atoms with Gasteiger partial charge in [-0.2, -0.15) is 5.10 Å². The quantitative estimate of drug-likeness (QED) is 0.847. The minimum atomic E-state index is 0.176. The molecule has 1 aromatic rings. The van der Waals surface area contributed by atoms with Crippen molar-refractivity contribution in [2.75, 3.05) is 26.2 Å². The van der Waals surface area contributed by atoms with Crippen molar-refractivity contribution in [2.24, 2.45) is 0 Å². The zero-order valence-electron chi connectivity index (χ0n) is 11.8. The van der Waals surface area contributed by atoms with Crippen molar-refractivity contribution >= 4 is 21.8 Å². The maximum atomic E-state index is 11.3. The summed E-state index contributed by atoms with van der Waals surface area (Å²) in [5, 5.41) is 4.52. The zero-order chi connectivity index (χ0) is 14.0. The van der Waals surface area contributed by atoms with Gasteiger partial charge in [0.1, 0.15) is 0 Å². The van der Waals surface area contributed by atoms with Crippen LogP contribution in [0.3, 0.4) is 0 Å². The number of aromatic nitrogens is 2. The molecule has 1 saturated heterocycles. The maximum Gasteiger partial charge on any atom is 0.219 e. The Morgan fingerprint density at radius 2 is 1.95 bits per heavy atom. The minimum Gasteiger partial charge on any atom is -0.340 e. The van der Waals surface area contributed by atoms with Crippen molar-refractivity contribution in [3.8, 4) is 0 Å². The molecule has 1 fully saturated rings. The lowest BCUT2D eigenvalue weighted by Crippen LogP contribution is -2.47. The molecule has 0 atom stereocenters. The Hall–Kier alpha value is -0.880. The standard InChI is InChI=1S/C13H21BrN4O/c1-4-18-12(13(14)10(2)15-18)9-16-5-7-17(8-6-16)11(3)19/h4-9H2,1-3H3. The number of carbonyl (C=O) groups excluding carboxylic acids is 1. The van der Waals surface area contributed by atoms with Gasteiger partial charge in [0.2, 0.25) is 5.91 Å². The second-order valence-corrected chi connectivity index (χ2v) is 5.74. The molecule has 106 valence electrons. The molecule has 5 nitrogen and oxygen atoms in total. The van der Waals surface area contributed by atoms with Crippen LogP contribution >= 0.6 is 15.9 Å². The van der Waals surface area contributed by atoms with Crippen molar-refractivity contribution < 1.29 is 4.79 Å². The van der Waals surface area contributed by atoms with Crippen LogP contribution in [0, 0.1) is 6.92 Å². The lowest BCUT2D eigenvalue weighted by atomic mass is 10.2. The summed E-state index contributed by atoms with van der Waals surface area (Å²) in [5.41, 5.74) is 2.27. The normalized spacial score (nSPS) is 16.9. The van der Waals surface area contributed by atoms with E-state index in [0.717, 1.165) is 49.4 Å². The van der Waals surface area contributed by atoms with Crippen molar-refractivity contribution in [3.63, 3.8) is 0 Å². The van der Waals surface area contributed by atoms with Crippen LogP contribution in [0.15, 0.2) is 4.47 Å². The van der Waals surface area contributed by atoms with Crippen LogP contribution in [0.5, 0.6) is 0 Å². The van der Waals surface area contributed by atoms with E-state index < -0.39 is 0 Å². The lowest BCUT2D eigenvalue weighted by Gasteiger charge is -2.34. The van der Waals surface area contributed by atoms with E-state index in [4.69, 9.17) is 0 Å². The third kappa shape index (κ3) is 3.17. The highest BCUT2D eigenvalue weighted by Crippen LogP contribution is 2.23. The number of nitrogens with zero attached hydrogens (tertiary/aromatic N) is 4. The summed E-state index contributed by atoms with van der Waals surface area (Å²) in [6.07, 6.45) is 0. The summed E-state index contributed by atoms with van der Waals surface area (Å²) >= 11 is 3.63. The summed E-state index contributed by atoms with van der Waals surface area (Å²) in [6.45, 7) is 11.1. The first-order valence-corrected chi connectivity index (χ1v) is 7.51. The van der Waals surface area contributed by atoms with Crippen LogP contribution in [0.25, 0.3) is 0 Å². The van der Waals surface area contributed by atoms with Gasteiger partial charge in [0.05, 0.1) is 15.9 Å². The highest BCUT2D eigenvalue weighted by molar-refractivity contribution is 9.10. The zero-order valence-corrected chi connectivity index (χ0v) is 13.4. The Morgan fingerprint density at radius 3 is 2.47 bits per heavy atom. The number of rotatable bonds is 3. The molecular formula is C13H21BrN4O. The van der Waals surface area contributed by atoms with Gasteiger partial charge >= 0.3 is 0 Å². The molecule has 0 bridgehead atoms. The van der Waals surface area contributed by atoms with Crippen LogP contribution in [-0.4, -0.2) is 51.7 Å². The number of hydrogen-bond donors (Lipinski definition) is 0. The molecule has 19 heavy (non-hydrogen) atoms. The summed E-state index contributed by atoms with van der Waals surface area (Å²) in [7, 11) is 0. The Balaban J connectivity index is 2.01. The third-order valence-corrected chi connectivity index (χ3v) is 4.68. The molecule has 2 rings (SSSR count). The summed E-state index contributed by atoms with van der Waals surface area (Å²) in [5.74, 6) is 0.176. The average Bonchev–Trinajstić information content (AvgIpc) is 2.67. The predicted octanol–water partition coefficient (Wildman–Crippen LogP) is 1.64. The number of aryl methyl sites for hydroxylation is 2. The molecule has 0 unspecified atom stereocenters. The Bertz CT molecular complexity index is 463. The summed E-state index contributed by atoms with van der Waals surface area (Å²) < 4.78 is 3.17. The average molecular weight is 329 g/mol. The van der Waals surface area contributed by atoms with Crippen LogP contribution in [0.4, 0.5) is 0 Å². The fraction of sp³-hybridized carbons (Fsp3) is 0.692. The van der Waals surface area contributed by atoms with Crippen LogP contribution < -0.4 is 0 Å².